The molecule has 3 aromatic carbocycles. The van der Waals surface area contributed by atoms with Gasteiger partial charge >= 0.3 is 0 Å². The molecule has 1 aromatic heterocycles. The highest BCUT2D eigenvalue weighted by molar-refractivity contribution is 6.42. The smallest absolute Gasteiger partial charge is 0.289 e. The van der Waals surface area contributed by atoms with Crippen LogP contribution in [-0.2, 0) is 11.2 Å². The van der Waals surface area contributed by atoms with Crippen molar-refractivity contribution in [2.75, 3.05) is 19.6 Å². The van der Waals surface area contributed by atoms with Gasteiger partial charge in [-0.05, 0) is 119 Å². The standard InChI is InChI=1S/C19H18N2O2.C16H22ClNO/c1-12(2)21-10-9-16-11-15(7-8-17(16)21)13-3-5-14(6-4-13)18(22)19(20)23;17-15-12-13(4-3-11-18-9-1-2-10-18)5-8-16(15)19-14-6-7-14/h3-12H,1-2H3,(H2,20,23);5,8,12,14H,1-4,6-7,9-11H2. The average Bonchev–Trinajstić information content (AvgIpc) is 3.46. The minimum Gasteiger partial charge on any atom is -0.489 e. The van der Waals surface area contributed by atoms with Crippen LogP contribution in [0.5, 0.6) is 5.75 Å². The van der Waals surface area contributed by atoms with Gasteiger partial charge in [-0.1, -0.05) is 48.0 Å². The monoisotopic (exact) mass is 585 g/mol. The van der Waals surface area contributed by atoms with E-state index in [9.17, 15) is 9.59 Å². The van der Waals surface area contributed by atoms with Crippen LogP contribution in [0.3, 0.4) is 0 Å². The molecule has 0 radical (unpaired) electrons. The zero-order valence-corrected chi connectivity index (χ0v) is 25.3. The van der Waals surface area contributed by atoms with Gasteiger partial charge in [-0.3, -0.25) is 9.59 Å². The Morgan fingerprint density at radius 3 is 2.31 bits per heavy atom. The second kappa shape index (κ2) is 13.6. The van der Waals surface area contributed by atoms with Gasteiger partial charge in [0.05, 0.1) is 11.1 Å². The average molecular weight is 586 g/mol. The van der Waals surface area contributed by atoms with Gasteiger partial charge in [0.25, 0.3) is 5.91 Å². The summed E-state index contributed by atoms with van der Waals surface area (Å²) >= 11 is 6.27. The molecule has 0 atom stereocenters. The van der Waals surface area contributed by atoms with Gasteiger partial charge in [0.15, 0.2) is 0 Å². The molecule has 2 aliphatic rings. The molecule has 6 rings (SSSR count). The molecule has 220 valence electrons. The van der Waals surface area contributed by atoms with E-state index in [0.29, 0.717) is 17.7 Å². The van der Waals surface area contributed by atoms with Crippen molar-refractivity contribution in [1.82, 2.24) is 9.47 Å². The molecular weight excluding hydrogens is 546 g/mol. The summed E-state index contributed by atoms with van der Waals surface area (Å²) in [7, 11) is 0. The van der Waals surface area contributed by atoms with E-state index in [0.717, 1.165) is 28.3 Å². The molecule has 1 aliphatic carbocycles. The number of nitrogens with zero attached hydrogens (tertiary/aromatic N) is 2. The molecule has 1 saturated heterocycles. The first-order valence-electron chi connectivity index (χ1n) is 15.0. The highest BCUT2D eigenvalue weighted by Crippen LogP contribution is 2.32. The van der Waals surface area contributed by atoms with Crippen molar-refractivity contribution in [3.05, 3.63) is 89.1 Å². The lowest BCUT2D eigenvalue weighted by atomic mass is 10.0. The van der Waals surface area contributed by atoms with Crippen LogP contribution in [0.2, 0.25) is 5.02 Å². The van der Waals surface area contributed by atoms with E-state index in [2.05, 4.69) is 65.9 Å². The Hall–Kier alpha value is -3.61. The molecule has 1 saturated carbocycles. The van der Waals surface area contributed by atoms with Gasteiger partial charge in [0.2, 0.25) is 5.78 Å². The molecule has 2 fully saturated rings. The van der Waals surface area contributed by atoms with E-state index >= 15 is 0 Å². The van der Waals surface area contributed by atoms with Crippen LogP contribution in [0.25, 0.3) is 22.0 Å². The normalized spacial score (nSPS) is 15.0. The highest BCUT2D eigenvalue weighted by atomic mass is 35.5. The first-order valence-corrected chi connectivity index (χ1v) is 15.4. The summed E-state index contributed by atoms with van der Waals surface area (Å²) in [5.74, 6) is -0.748. The predicted octanol–water partition coefficient (Wildman–Crippen LogP) is 7.47. The van der Waals surface area contributed by atoms with Crippen LogP contribution >= 0.6 is 11.6 Å². The number of carbonyl (C=O) groups is 2. The number of benzene rings is 3. The van der Waals surface area contributed by atoms with Gasteiger partial charge in [0, 0.05) is 28.7 Å². The zero-order chi connectivity index (χ0) is 29.6. The molecule has 42 heavy (non-hydrogen) atoms. The third-order valence-corrected chi connectivity index (χ3v) is 8.23. The number of carbonyl (C=O) groups excluding carboxylic acids is 2. The maximum Gasteiger partial charge on any atom is 0.289 e. The Bertz CT molecular complexity index is 1530. The number of ketones is 1. The van der Waals surface area contributed by atoms with Gasteiger partial charge in [-0.25, -0.2) is 0 Å². The van der Waals surface area contributed by atoms with E-state index in [4.69, 9.17) is 22.1 Å². The topological polar surface area (TPSA) is 77.6 Å². The molecule has 1 aliphatic heterocycles. The van der Waals surface area contributed by atoms with Crippen LogP contribution in [-0.4, -0.2) is 46.9 Å². The maximum absolute atomic E-state index is 11.6. The number of amides is 1. The molecule has 6 nitrogen and oxygen atoms in total. The summed E-state index contributed by atoms with van der Waals surface area (Å²) < 4.78 is 7.99. The van der Waals surface area contributed by atoms with E-state index < -0.39 is 11.7 Å². The van der Waals surface area contributed by atoms with Crippen molar-refractivity contribution >= 4 is 34.2 Å². The van der Waals surface area contributed by atoms with Crippen molar-refractivity contribution in [3.63, 3.8) is 0 Å². The predicted molar refractivity (Wildman–Crippen MR) is 170 cm³/mol. The van der Waals surface area contributed by atoms with E-state index in [1.807, 2.05) is 18.2 Å². The zero-order valence-electron chi connectivity index (χ0n) is 24.5. The number of aryl methyl sites for hydroxylation is 1. The summed E-state index contributed by atoms with van der Waals surface area (Å²) in [6, 6.07) is 22.0. The first-order chi connectivity index (χ1) is 20.3. The van der Waals surface area contributed by atoms with Crippen molar-refractivity contribution < 1.29 is 14.3 Å². The van der Waals surface area contributed by atoms with Crippen molar-refractivity contribution in [1.29, 1.82) is 0 Å². The molecule has 4 aromatic rings. The Morgan fingerprint density at radius 2 is 1.67 bits per heavy atom. The number of rotatable bonds is 10. The van der Waals surface area contributed by atoms with Crippen LogP contribution in [0.4, 0.5) is 0 Å². The number of primary amides is 1. The SMILES string of the molecule is CC(C)n1ccc2cc(-c3ccc(C(=O)C(N)=O)cc3)ccc21.Clc1cc(CCCN2CCCC2)ccc1OC1CC1. The number of Topliss-reactive ketones (excluding diaryl/α,β-unsaturated/α-hetero) is 1. The largest absolute Gasteiger partial charge is 0.489 e. The van der Waals surface area contributed by atoms with Crippen LogP contribution in [0.15, 0.2) is 72.9 Å². The maximum atomic E-state index is 11.6. The number of nitrogens with two attached hydrogens (primary N) is 1. The fourth-order valence-corrected chi connectivity index (χ4v) is 5.67. The minimum absolute atomic E-state index is 0.313. The molecule has 2 heterocycles. The first kappa shape index (κ1) is 29.9. The van der Waals surface area contributed by atoms with Crippen LogP contribution in [0.1, 0.15) is 67.9 Å². The number of hydrogen-bond donors (Lipinski definition) is 1. The molecule has 0 spiro atoms. The van der Waals surface area contributed by atoms with E-state index in [-0.39, 0.29) is 0 Å². The van der Waals surface area contributed by atoms with Gasteiger partial charge < -0.3 is 19.9 Å². The number of fused-ring (bicyclic) bond motifs is 1. The molecule has 2 N–H and O–H groups in total. The third-order valence-electron chi connectivity index (χ3n) is 7.93. The van der Waals surface area contributed by atoms with Crippen molar-refractivity contribution in [2.45, 2.75) is 64.5 Å². The Labute approximate surface area is 253 Å². The quantitative estimate of drug-likeness (QED) is 0.155. The van der Waals surface area contributed by atoms with Crippen LogP contribution in [0, 0.1) is 0 Å². The second-order valence-corrected chi connectivity index (χ2v) is 12.0. The summed E-state index contributed by atoms with van der Waals surface area (Å²) in [6.07, 6.45) is 9.94. The van der Waals surface area contributed by atoms with Crippen LogP contribution < -0.4 is 10.5 Å². The minimum atomic E-state index is -0.936. The fourth-order valence-electron chi connectivity index (χ4n) is 5.42. The lowest BCUT2D eigenvalue weighted by Gasteiger charge is -2.14. The Balaban J connectivity index is 0.000000171. The fraction of sp³-hybridized carbons (Fsp3) is 0.371. The number of aromatic nitrogens is 1. The Kier molecular flexibility index (Phi) is 9.65. The lowest BCUT2D eigenvalue weighted by molar-refractivity contribution is -0.114. The van der Waals surface area contributed by atoms with Crippen molar-refractivity contribution in [2.24, 2.45) is 5.73 Å². The summed E-state index contributed by atoms with van der Waals surface area (Å²) in [4.78, 5) is 25.0. The van der Waals surface area contributed by atoms with E-state index in [1.165, 1.54) is 68.2 Å². The third kappa shape index (κ3) is 7.61. The van der Waals surface area contributed by atoms with Crippen molar-refractivity contribution in [3.8, 4) is 16.9 Å². The molecule has 7 heteroatoms. The summed E-state index contributed by atoms with van der Waals surface area (Å²) in [5, 5.41) is 1.94. The molecule has 0 bridgehead atoms. The summed E-state index contributed by atoms with van der Waals surface area (Å²) in [6.45, 7) is 8.10. The number of halogens is 1. The lowest BCUT2D eigenvalue weighted by Crippen LogP contribution is -2.22. The number of ether oxygens (including phenoxy) is 1. The molecule has 1 amide bonds. The Morgan fingerprint density at radius 1 is 0.952 bits per heavy atom. The van der Waals surface area contributed by atoms with E-state index in [1.54, 1.807) is 12.1 Å². The number of likely N-dealkylation sites (tertiary alicyclic amines) is 1. The number of hydrogen-bond acceptors (Lipinski definition) is 4. The molecule has 0 unspecified atom stereocenters. The summed E-state index contributed by atoms with van der Waals surface area (Å²) in [5.41, 5.74) is 9.91. The molecular formula is C35H40ClN3O3. The highest BCUT2D eigenvalue weighted by Gasteiger charge is 2.24. The second-order valence-electron chi connectivity index (χ2n) is 11.6. The van der Waals surface area contributed by atoms with Gasteiger partial charge in [-0.2, -0.15) is 0 Å². The van der Waals surface area contributed by atoms with Gasteiger partial charge in [0.1, 0.15) is 5.75 Å². The van der Waals surface area contributed by atoms with Gasteiger partial charge in [-0.15, -0.1) is 0 Å².